The van der Waals surface area contributed by atoms with Crippen molar-refractivity contribution >= 4 is 23.0 Å². The van der Waals surface area contributed by atoms with Crippen LogP contribution in [0.15, 0.2) is 55.4 Å². The number of nitrogens with one attached hydrogen (secondary N) is 2. The van der Waals surface area contributed by atoms with Crippen LogP contribution in [0.4, 0.5) is 23.0 Å². The molecule has 0 aliphatic carbocycles. The summed E-state index contributed by atoms with van der Waals surface area (Å²) in [6, 6.07) is 7.58. The Kier molecular flexibility index (Phi) is 4.05. The van der Waals surface area contributed by atoms with Gasteiger partial charge in [0, 0.05) is 25.1 Å². The number of aromatic nitrogens is 4. The second kappa shape index (κ2) is 6.49. The molecule has 3 heterocycles. The predicted molar refractivity (Wildman–Crippen MR) is 85.5 cm³/mol. The van der Waals surface area contributed by atoms with Gasteiger partial charge in [0.25, 0.3) is 0 Å². The Morgan fingerprint density at radius 1 is 0.955 bits per heavy atom. The lowest BCUT2D eigenvalue weighted by molar-refractivity contribution is 1.07. The van der Waals surface area contributed by atoms with Crippen molar-refractivity contribution in [3.8, 4) is 0 Å². The highest BCUT2D eigenvalue weighted by molar-refractivity contribution is 5.77. The summed E-state index contributed by atoms with van der Waals surface area (Å²) in [6.45, 7) is 0.585. The van der Waals surface area contributed by atoms with Crippen molar-refractivity contribution in [2.45, 2.75) is 6.54 Å². The van der Waals surface area contributed by atoms with Gasteiger partial charge in [0.2, 0.25) is 0 Å². The molecule has 3 aromatic heterocycles. The van der Waals surface area contributed by atoms with Crippen LogP contribution in [0.1, 0.15) is 5.56 Å². The molecule has 0 bridgehead atoms. The first-order valence-corrected chi connectivity index (χ1v) is 6.73. The van der Waals surface area contributed by atoms with E-state index in [4.69, 9.17) is 5.73 Å². The van der Waals surface area contributed by atoms with E-state index < -0.39 is 0 Å². The Morgan fingerprint density at radius 3 is 2.45 bits per heavy atom. The van der Waals surface area contributed by atoms with Crippen LogP contribution < -0.4 is 16.4 Å². The summed E-state index contributed by atoms with van der Waals surface area (Å²) >= 11 is 0. The molecule has 0 fully saturated rings. The van der Waals surface area contributed by atoms with Crippen molar-refractivity contribution in [3.63, 3.8) is 0 Å². The van der Waals surface area contributed by atoms with Gasteiger partial charge in [0.05, 0.1) is 11.9 Å². The van der Waals surface area contributed by atoms with Gasteiger partial charge in [0.15, 0.2) is 11.6 Å². The fraction of sp³-hybridized carbons (Fsp3) is 0.0667. The van der Waals surface area contributed by atoms with Crippen molar-refractivity contribution < 1.29 is 0 Å². The molecule has 7 nitrogen and oxygen atoms in total. The van der Waals surface area contributed by atoms with Crippen molar-refractivity contribution in [1.82, 2.24) is 19.9 Å². The topological polar surface area (TPSA) is 102 Å². The molecule has 4 N–H and O–H groups in total. The van der Waals surface area contributed by atoms with Crippen molar-refractivity contribution in [1.29, 1.82) is 0 Å². The van der Waals surface area contributed by atoms with E-state index in [1.807, 2.05) is 24.3 Å². The molecule has 0 radical (unpaired) electrons. The number of nitrogens with zero attached hydrogens (tertiary/aromatic N) is 4. The lowest BCUT2D eigenvalue weighted by atomic mass is 10.3. The SMILES string of the molecule is Nc1c(NCc2cccnc2)ncnc1Nc1cccnc1. The largest absolute Gasteiger partial charge is 0.393 e. The van der Waals surface area contributed by atoms with Crippen LogP contribution >= 0.6 is 0 Å². The average Bonchev–Trinajstić information content (AvgIpc) is 2.58. The number of hydrogen-bond acceptors (Lipinski definition) is 7. The molecule has 0 spiro atoms. The maximum absolute atomic E-state index is 6.11. The minimum atomic E-state index is 0.454. The number of hydrogen-bond donors (Lipinski definition) is 3. The lowest BCUT2D eigenvalue weighted by Gasteiger charge is -2.12. The van der Waals surface area contributed by atoms with Crippen LogP contribution in [0.5, 0.6) is 0 Å². The number of rotatable bonds is 5. The monoisotopic (exact) mass is 293 g/mol. The van der Waals surface area contributed by atoms with Crippen LogP contribution in [0.2, 0.25) is 0 Å². The van der Waals surface area contributed by atoms with Gasteiger partial charge in [0.1, 0.15) is 12.0 Å². The zero-order valence-electron chi connectivity index (χ0n) is 11.8. The second-order valence-electron chi connectivity index (χ2n) is 4.57. The fourth-order valence-electron chi connectivity index (χ4n) is 1.90. The molecule has 0 saturated heterocycles. The number of pyridine rings is 2. The first kappa shape index (κ1) is 13.7. The molecular formula is C15H15N7. The average molecular weight is 293 g/mol. The molecule has 110 valence electrons. The Hall–Kier alpha value is -3.22. The minimum absolute atomic E-state index is 0.454. The molecule has 3 aromatic rings. The maximum Gasteiger partial charge on any atom is 0.159 e. The van der Waals surface area contributed by atoms with E-state index >= 15 is 0 Å². The molecule has 0 saturated carbocycles. The van der Waals surface area contributed by atoms with Crippen LogP contribution in [0.3, 0.4) is 0 Å². The van der Waals surface area contributed by atoms with E-state index in [-0.39, 0.29) is 0 Å². The summed E-state index contributed by atoms with van der Waals surface area (Å²) in [6.07, 6.45) is 8.39. The third-order valence-corrected chi connectivity index (χ3v) is 2.99. The maximum atomic E-state index is 6.11. The number of nitrogen functional groups attached to an aromatic ring is 1. The van der Waals surface area contributed by atoms with Gasteiger partial charge in [-0.2, -0.15) is 0 Å². The Bertz CT molecular complexity index is 731. The van der Waals surface area contributed by atoms with Gasteiger partial charge in [-0.15, -0.1) is 0 Å². The quantitative estimate of drug-likeness (QED) is 0.662. The second-order valence-corrected chi connectivity index (χ2v) is 4.57. The third-order valence-electron chi connectivity index (χ3n) is 2.99. The molecule has 0 aliphatic rings. The van der Waals surface area contributed by atoms with E-state index in [1.165, 1.54) is 6.33 Å². The Balaban J connectivity index is 1.74. The molecule has 7 heteroatoms. The smallest absolute Gasteiger partial charge is 0.159 e. The van der Waals surface area contributed by atoms with E-state index in [0.29, 0.717) is 23.9 Å². The van der Waals surface area contributed by atoms with E-state index in [1.54, 1.807) is 24.8 Å². The van der Waals surface area contributed by atoms with Crippen molar-refractivity contribution in [3.05, 3.63) is 60.9 Å². The molecule has 3 rings (SSSR count). The fourth-order valence-corrected chi connectivity index (χ4v) is 1.90. The predicted octanol–water partition coefficient (Wildman–Crippen LogP) is 2.20. The third kappa shape index (κ3) is 3.26. The summed E-state index contributed by atoms with van der Waals surface area (Å²) in [4.78, 5) is 16.4. The van der Waals surface area contributed by atoms with Gasteiger partial charge in [-0.3, -0.25) is 9.97 Å². The number of nitrogens with two attached hydrogens (primary N) is 1. The molecule has 0 aliphatic heterocycles. The first-order chi connectivity index (χ1) is 10.8. The summed E-state index contributed by atoms with van der Waals surface area (Å²) in [5.74, 6) is 1.11. The van der Waals surface area contributed by atoms with Gasteiger partial charge >= 0.3 is 0 Å². The summed E-state index contributed by atoms with van der Waals surface area (Å²) in [5.41, 5.74) is 8.42. The molecule has 0 unspecified atom stereocenters. The normalized spacial score (nSPS) is 10.2. The highest BCUT2D eigenvalue weighted by atomic mass is 15.1. The van der Waals surface area contributed by atoms with Gasteiger partial charge < -0.3 is 16.4 Å². The van der Waals surface area contributed by atoms with Crippen LogP contribution in [-0.2, 0) is 6.54 Å². The molecule has 22 heavy (non-hydrogen) atoms. The van der Waals surface area contributed by atoms with Crippen LogP contribution in [0, 0.1) is 0 Å². The zero-order valence-corrected chi connectivity index (χ0v) is 11.8. The first-order valence-electron chi connectivity index (χ1n) is 6.73. The Labute approximate surface area is 127 Å². The Morgan fingerprint density at radius 2 is 1.73 bits per heavy atom. The van der Waals surface area contributed by atoms with E-state index in [9.17, 15) is 0 Å². The lowest BCUT2D eigenvalue weighted by Crippen LogP contribution is -2.08. The number of anilines is 4. The highest BCUT2D eigenvalue weighted by Crippen LogP contribution is 2.25. The highest BCUT2D eigenvalue weighted by Gasteiger charge is 2.08. The molecule has 0 aromatic carbocycles. The summed E-state index contributed by atoms with van der Waals surface area (Å²) in [7, 11) is 0. The van der Waals surface area contributed by atoms with Gasteiger partial charge in [-0.1, -0.05) is 6.07 Å². The molecule has 0 atom stereocenters. The molecule has 0 amide bonds. The van der Waals surface area contributed by atoms with Gasteiger partial charge in [-0.25, -0.2) is 9.97 Å². The summed E-state index contributed by atoms with van der Waals surface area (Å²) < 4.78 is 0. The van der Waals surface area contributed by atoms with Crippen LogP contribution in [-0.4, -0.2) is 19.9 Å². The molecular weight excluding hydrogens is 278 g/mol. The summed E-state index contributed by atoms with van der Waals surface area (Å²) in [5, 5.41) is 6.30. The standard InChI is InChI=1S/C15H15N7/c16-13-14(19-8-11-3-1-5-17-7-11)20-10-21-15(13)22-12-4-2-6-18-9-12/h1-7,9-10H,8,16H2,(H2,19,20,21,22). The minimum Gasteiger partial charge on any atom is -0.393 e. The van der Waals surface area contributed by atoms with Crippen molar-refractivity contribution in [2.75, 3.05) is 16.4 Å². The van der Waals surface area contributed by atoms with Crippen LogP contribution in [0.25, 0.3) is 0 Å². The van der Waals surface area contributed by atoms with E-state index in [2.05, 4.69) is 30.6 Å². The zero-order chi connectivity index (χ0) is 15.2. The van der Waals surface area contributed by atoms with E-state index in [0.717, 1.165) is 11.3 Å². The van der Waals surface area contributed by atoms with Crippen molar-refractivity contribution in [2.24, 2.45) is 0 Å². The van der Waals surface area contributed by atoms with Gasteiger partial charge in [-0.05, 0) is 23.8 Å².